The highest BCUT2D eigenvalue weighted by Crippen LogP contribution is 2.21. The lowest BCUT2D eigenvalue weighted by Gasteiger charge is -2.14. The molecule has 7 heteroatoms. The van der Waals surface area contributed by atoms with Gasteiger partial charge in [-0.25, -0.2) is 9.67 Å². The molecule has 4 rings (SSSR count). The summed E-state index contributed by atoms with van der Waals surface area (Å²) in [5, 5.41) is 7.35. The van der Waals surface area contributed by atoms with Crippen LogP contribution in [0.25, 0.3) is 16.9 Å². The van der Waals surface area contributed by atoms with Crippen LogP contribution < -0.4 is 5.32 Å². The number of rotatable bonds is 6. The highest BCUT2D eigenvalue weighted by atomic mass is 79.9. The average molecular weight is 450 g/mol. The van der Waals surface area contributed by atoms with Crippen molar-refractivity contribution in [2.24, 2.45) is 0 Å². The van der Waals surface area contributed by atoms with Gasteiger partial charge in [0, 0.05) is 10.7 Å². The third-order valence-corrected chi connectivity index (χ3v) is 5.19. The number of aromatic nitrogens is 4. The summed E-state index contributed by atoms with van der Waals surface area (Å²) < 4.78 is 2.67. The topological polar surface area (TPSA) is 75.6 Å². The first kappa shape index (κ1) is 19.1. The van der Waals surface area contributed by atoms with Crippen LogP contribution in [0.3, 0.4) is 0 Å². The number of nitrogens with zero attached hydrogens (tertiary/aromatic N) is 3. The molecule has 0 spiro atoms. The van der Waals surface area contributed by atoms with Gasteiger partial charge in [-0.2, -0.15) is 5.10 Å². The zero-order valence-corrected chi connectivity index (χ0v) is 17.4. The molecule has 1 atom stereocenters. The van der Waals surface area contributed by atoms with Crippen LogP contribution in [-0.4, -0.2) is 25.7 Å². The summed E-state index contributed by atoms with van der Waals surface area (Å²) in [6, 6.07) is 17.5. The molecular weight excluding hydrogens is 430 g/mol. The second kappa shape index (κ2) is 8.45. The quantitative estimate of drug-likeness (QED) is 0.439. The number of nitrogens with one attached hydrogen (secondary N) is 2. The molecule has 0 aliphatic rings. The predicted octanol–water partition coefficient (Wildman–Crippen LogP) is 4.91. The van der Waals surface area contributed by atoms with E-state index in [2.05, 4.69) is 36.3 Å². The SMILES string of the molecule is CCC(NC(=O)c1cnn(-c2ccc(Br)cc2)c1)c1ncc(-c2ccccc2)[nH]1. The van der Waals surface area contributed by atoms with Crippen LogP contribution in [0.2, 0.25) is 0 Å². The standard InChI is InChI=1S/C22H20BrN5O/c1-2-19(21-24-13-20(26-21)15-6-4-3-5-7-15)27-22(29)16-12-25-28(14-16)18-10-8-17(23)9-11-18/h3-14,19H,2H2,1H3,(H,24,26)(H,27,29). The monoisotopic (exact) mass is 449 g/mol. The minimum Gasteiger partial charge on any atom is -0.342 e. The maximum absolute atomic E-state index is 12.7. The number of H-pyrrole nitrogens is 1. The number of aromatic amines is 1. The summed E-state index contributed by atoms with van der Waals surface area (Å²) in [4.78, 5) is 20.5. The summed E-state index contributed by atoms with van der Waals surface area (Å²) in [6.07, 6.45) is 5.81. The second-order valence-electron chi connectivity index (χ2n) is 6.63. The summed E-state index contributed by atoms with van der Waals surface area (Å²) >= 11 is 3.42. The Kier molecular flexibility index (Phi) is 5.57. The minimum atomic E-state index is -0.212. The molecule has 4 aromatic rings. The minimum absolute atomic E-state index is 0.183. The highest BCUT2D eigenvalue weighted by Gasteiger charge is 2.18. The van der Waals surface area contributed by atoms with Crippen molar-refractivity contribution in [2.45, 2.75) is 19.4 Å². The normalized spacial score (nSPS) is 11.9. The number of benzene rings is 2. The van der Waals surface area contributed by atoms with E-state index in [4.69, 9.17) is 0 Å². The fourth-order valence-corrected chi connectivity index (χ4v) is 3.32. The molecule has 0 bridgehead atoms. The van der Waals surface area contributed by atoms with Gasteiger partial charge in [0.05, 0.1) is 35.4 Å². The first-order chi connectivity index (χ1) is 14.1. The maximum atomic E-state index is 12.7. The molecule has 0 fully saturated rings. The van der Waals surface area contributed by atoms with E-state index in [9.17, 15) is 4.79 Å². The molecule has 1 unspecified atom stereocenters. The summed E-state index contributed by atoms with van der Waals surface area (Å²) in [7, 11) is 0. The second-order valence-corrected chi connectivity index (χ2v) is 7.55. The van der Waals surface area contributed by atoms with Gasteiger partial charge in [-0.15, -0.1) is 0 Å². The fourth-order valence-electron chi connectivity index (χ4n) is 3.06. The van der Waals surface area contributed by atoms with Crippen molar-refractivity contribution in [3.8, 4) is 16.9 Å². The van der Waals surface area contributed by atoms with E-state index in [1.54, 1.807) is 23.3 Å². The van der Waals surface area contributed by atoms with Gasteiger partial charge in [0.1, 0.15) is 5.82 Å². The van der Waals surface area contributed by atoms with Crippen LogP contribution in [0.5, 0.6) is 0 Å². The number of carbonyl (C=O) groups excluding carboxylic acids is 1. The Morgan fingerprint density at radius 1 is 1.14 bits per heavy atom. The summed E-state index contributed by atoms with van der Waals surface area (Å²) in [6.45, 7) is 2.01. The Morgan fingerprint density at radius 3 is 2.62 bits per heavy atom. The first-order valence-corrected chi connectivity index (χ1v) is 10.1. The van der Waals surface area contributed by atoms with Gasteiger partial charge in [-0.05, 0) is 36.2 Å². The zero-order chi connectivity index (χ0) is 20.2. The molecule has 146 valence electrons. The van der Waals surface area contributed by atoms with Crippen LogP contribution in [-0.2, 0) is 0 Å². The zero-order valence-electron chi connectivity index (χ0n) is 15.8. The number of carbonyl (C=O) groups is 1. The van der Waals surface area contributed by atoms with Crippen molar-refractivity contribution < 1.29 is 4.79 Å². The molecule has 6 nitrogen and oxygen atoms in total. The van der Waals surface area contributed by atoms with E-state index in [0.717, 1.165) is 27.2 Å². The molecular formula is C22H20BrN5O. The maximum Gasteiger partial charge on any atom is 0.255 e. The molecule has 29 heavy (non-hydrogen) atoms. The van der Waals surface area contributed by atoms with Crippen molar-refractivity contribution in [3.05, 3.63) is 89.0 Å². The molecule has 1 amide bonds. The van der Waals surface area contributed by atoms with Gasteiger partial charge >= 0.3 is 0 Å². The van der Waals surface area contributed by atoms with E-state index >= 15 is 0 Å². The van der Waals surface area contributed by atoms with E-state index in [0.29, 0.717) is 12.0 Å². The number of amides is 1. The van der Waals surface area contributed by atoms with E-state index < -0.39 is 0 Å². The predicted molar refractivity (Wildman–Crippen MR) is 116 cm³/mol. The van der Waals surface area contributed by atoms with E-state index in [1.807, 2.05) is 61.5 Å². The van der Waals surface area contributed by atoms with Gasteiger partial charge in [0.15, 0.2) is 0 Å². The molecule has 0 saturated carbocycles. The largest absolute Gasteiger partial charge is 0.342 e. The molecule has 0 radical (unpaired) electrons. The molecule has 2 heterocycles. The van der Waals surface area contributed by atoms with Crippen LogP contribution in [0, 0.1) is 0 Å². The van der Waals surface area contributed by atoms with Crippen LogP contribution in [0.1, 0.15) is 35.6 Å². The van der Waals surface area contributed by atoms with Crippen molar-refractivity contribution >= 4 is 21.8 Å². The Hall–Kier alpha value is -3.19. The number of hydrogen-bond acceptors (Lipinski definition) is 3. The molecule has 2 aromatic carbocycles. The molecule has 0 saturated heterocycles. The average Bonchev–Trinajstić information content (AvgIpc) is 3.43. The van der Waals surface area contributed by atoms with Gasteiger partial charge in [0.2, 0.25) is 0 Å². The Morgan fingerprint density at radius 2 is 1.90 bits per heavy atom. The van der Waals surface area contributed by atoms with Crippen LogP contribution >= 0.6 is 15.9 Å². The lowest BCUT2D eigenvalue weighted by atomic mass is 10.2. The van der Waals surface area contributed by atoms with Crippen molar-refractivity contribution in [1.82, 2.24) is 25.1 Å². The van der Waals surface area contributed by atoms with Crippen LogP contribution in [0.4, 0.5) is 0 Å². The Bertz CT molecular complexity index is 1100. The highest BCUT2D eigenvalue weighted by molar-refractivity contribution is 9.10. The third kappa shape index (κ3) is 4.30. The van der Waals surface area contributed by atoms with Gasteiger partial charge in [-0.1, -0.05) is 53.2 Å². The third-order valence-electron chi connectivity index (χ3n) is 4.66. The summed E-state index contributed by atoms with van der Waals surface area (Å²) in [5.41, 5.74) is 3.37. The van der Waals surface area contributed by atoms with Crippen LogP contribution in [0.15, 0.2) is 77.7 Å². The van der Waals surface area contributed by atoms with Gasteiger partial charge in [0.25, 0.3) is 5.91 Å². The summed E-state index contributed by atoms with van der Waals surface area (Å²) in [5.74, 6) is 0.554. The number of halogens is 1. The first-order valence-electron chi connectivity index (χ1n) is 9.36. The molecule has 0 aliphatic heterocycles. The van der Waals surface area contributed by atoms with Gasteiger partial charge < -0.3 is 10.3 Å². The number of imidazole rings is 1. The molecule has 2 aromatic heterocycles. The molecule has 2 N–H and O–H groups in total. The lowest BCUT2D eigenvalue weighted by molar-refractivity contribution is 0.0934. The van der Waals surface area contributed by atoms with Crippen molar-refractivity contribution in [1.29, 1.82) is 0 Å². The van der Waals surface area contributed by atoms with E-state index in [1.165, 1.54) is 0 Å². The number of hydrogen-bond donors (Lipinski definition) is 2. The van der Waals surface area contributed by atoms with Crippen molar-refractivity contribution in [3.63, 3.8) is 0 Å². The smallest absolute Gasteiger partial charge is 0.255 e. The lowest BCUT2D eigenvalue weighted by Crippen LogP contribution is -2.28. The Labute approximate surface area is 177 Å². The fraction of sp³-hybridized carbons (Fsp3) is 0.136. The Balaban J connectivity index is 1.48. The van der Waals surface area contributed by atoms with E-state index in [-0.39, 0.29) is 11.9 Å². The van der Waals surface area contributed by atoms with Gasteiger partial charge in [-0.3, -0.25) is 4.79 Å². The molecule has 0 aliphatic carbocycles. The van der Waals surface area contributed by atoms with Crippen molar-refractivity contribution in [2.75, 3.05) is 0 Å².